The van der Waals surface area contributed by atoms with Crippen molar-refractivity contribution in [3.8, 4) is 10.4 Å². The molecule has 1 amide bonds. The Bertz CT molecular complexity index is 1080. The van der Waals surface area contributed by atoms with E-state index in [1.54, 1.807) is 24.3 Å². The molecule has 2 aromatic carbocycles. The Morgan fingerprint density at radius 3 is 2.38 bits per heavy atom. The van der Waals surface area contributed by atoms with Gasteiger partial charge in [-0.05, 0) is 48.0 Å². The van der Waals surface area contributed by atoms with Crippen molar-refractivity contribution < 1.29 is 27.9 Å². The van der Waals surface area contributed by atoms with Crippen LogP contribution in [0.3, 0.4) is 0 Å². The number of amides is 1. The molecule has 0 aliphatic carbocycles. The van der Waals surface area contributed by atoms with Gasteiger partial charge in [-0.1, -0.05) is 12.1 Å². The Labute approximate surface area is 168 Å². The van der Waals surface area contributed by atoms with E-state index in [4.69, 9.17) is 4.74 Å². The van der Waals surface area contributed by atoms with Crippen molar-refractivity contribution in [2.75, 3.05) is 11.9 Å². The summed E-state index contributed by atoms with van der Waals surface area (Å²) in [6.45, 7) is 0.654. The van der Waals surface area contributed by atoms with Crippen LogP contribution in [0.15, 0.2) is 54.6 Å². The maximum absolute atomic E-state index is 14.1. The van der Waals surface area contributed by atoms with E-state index in [0.717, 1.165) is 27.8 Å². The Balaban J connectivity index is 1.62. The lowest BCUT2D eigenvalue weighted by molar-refractivity contribution is -0.114. The van der Waals surface area contributed by atoms with Crippen LogP contribution in [0.2, 0.25) is 0 Å². The number of rotatable bonds is 6. The quantitative estimate of drug-likeness (QED) is 0.468. The van der Waals surface area contributed by atoms with Crippen LogP contribution in [-0.2, 0) is 9.53 Å². The summed E-state index contributed by atoms with van der Waals surface area (Å²) >= 11 is 1.14. The van der Waals surface area contributed by atoms with Crippen molar-refractivity contribution in [1.82, 2.24) is 0 Å². The van der Waals surface area contributed by atoms with E-state index in [1.165, 1.54) is 31.2 Å². The number of Topliss-reactive ketones (excluding diaryl/α,β-unsaturated/α-hetero) is 1. The van der Waals surface area contributed by atoms with Gasteiger partial charge in [-0.25, -0.2) is 13.6 Å². The van der Waals surface area contributed by atoms with E-state index < -0.39 is 24.2 Å². The number of benzene rings is 2. The molecule has 0 fully saturated rings. The number of ether oxygens (including phenoxy) is 1. The second-order valence-electron chi connectivity index (χ2n) is 6.05. The van der Waals surface area contributed by atoms with E-state index in [0.29, 0.717) is 0 Å². The second-order valence-corrected chi connectivity index (χ2v) is 7.13. The lowest BCUT2D eigenvalue weighted by Gasteiger charge is -2.07. The van der Waals surface area contributed by atoms with Gasteiger partial charge in [0.05, 0.1) is 5.56 Å². The van der Waals surface area contributed by atoms with Gasteiger partial charge in [-0.2, -0.15) is 0 Å². The molecule has 8 heteroatoms. The Kier molecular flexibility index (Phi) is 6.13. The minimum atomic E-state index is -0.827. The predicted octanol–water partition coefficient (Wildman–Crippen LogP) is 4.69. The van der Waals surface area contributed by atoms with Crippen LogP contribution in [-0.4, -0.2) is 24.3 Å². The number of thiophene rings is 1. The number of hydrogen-bond acceptors (Lipinski definition) is 5. The lowest BCUT2D eigenvalue weighted by Crippen LogP contribution is -2.15. The second kappa shape index (κ2) is 8.74. The minimum absolute atomic E-state index is 0.218. The van der Waals surface area contributed by atoms with Crippen LogP contribution in [0.5, 0.6) is 0 Å². The Hall–Kier alpha value is -3.39. The first kappa shape index (κ1) is 20.3. The maximum atomic E-state index is 14.1. The first-order valence-corrected chi connectivity index (χ1v) is 9.28. The summed E-state index contributed by atoms with van der Waals surface area (Å²) in [6.07, 6.45) is 0. The summed E-state index contributed by atoms with van der Waals surface area (Å²) < 4.78 is 32.1. The van der Waals surface area contributed by atoms with Gasteiger partial charge in [0, 0.05) is 17.5 Å². The zero-order valence-electron chi connectivity index (χ0n) is 15.2. The molecule has 148 valence electrons. The molecule has 0 aliphatic rings. The molecular weight excluding hydrogens is 400 g/mol. The van der Waals surface area contributed by atoms with Gasteiger partial charge in [-0.3, -0.25) is 9.59 Å². The summed E-state index contributed by atoms with van der Waals surface area (Å²) in [5, 5.41) is 2.41. The summed E-state index contributed by atoms with van der Waals surface area (Å²) in [6, 6.07) is 12.7. The van der Waals surface area contributed by atoms with Crippen LogP contribution < -0.4 is 5.32 Å². The largest absolute Gasteiger partial charge is 0.453 e. The first-order chi connectivity index (χ1) is 13.8. The highest BCUT2D eigenvalue weighted by atomic mass is 32.1. The van der Waals surface area contributed by atoms with E-state index in [-0.39, 0.29) is 27.9 Å². The molecule has 3 rings (SSSR count). The van der Waals surface area contributed by atoms with Gasteiger partial charge in [0.2, 0.25) is 11.7 Å². The first-order valence-electron chi connectivity index (χ1n) is 8.47. The van der Waals surface area contributed by atoms with E-state index in [9.17, 15) is 23.2 Å². The fraction of sp³-hybridized carbons (Fsp3) is 0.0952. The maximum Gasteiger partial charge on any atom is 0.348 e. The number of carbonyl (C=O) groups excluding carboxylic acids is 3. The van der Waals surface area contributed by atoms with Crippen molar-refractivity contribution in [3.05, 3.63) is 76.7 Å². The van der Waals surface area contributed by atoms with E-state index in [2.05, 4.69) is 5.32 Å². The molecular formula is C21H15F2NO4S. The standard InChI is InChI=1S/C21H15F2NO4S/c1-12(25)24-15-6-7-16(17(23)10-15)18(26)11-28-21(27)20-9-8-19(29-20)13-2-4-14(22)5-3-13/h2-10H,11H2,1H3,(H,24,25). The molecule has 3 aromatic rings. The van der Waals surface area contributed by atoms with Gasteiger partial charge in [0.15, 0.2) is 6.61 Å². The molecule has 0 atom stereocenters. The third kappa shape index (κ3) is 5.11. The summed E-state index contributed by atoms with van der Waals surface area (Å²) in [5.41, 5.74) is 0.716. The molecule has 0 aliphatic heterocycles. The highest BCUT2D eigenvalue weighted by Crippen LogP contribution is 2.28. The monoisotopic (exact) mass is 415 g/mol. The average Bonchev–Trinajstić information content (AvgIpc) is 3.16. The number of anilines is 1. The Morgan fingerprint density at radius 1 is 1.00 bits per heavy atom. The molecule has 0 radical (unpaired) electrons. The van der Waals surface area contributed by atoms with Gasteiger partial charge >= 0.3 is 5.97 Å². The molecule has 29 heavy (non-hydrogen) atoms. The smallest absolute Gasteiger partial charge is 0.348 e. The van der Waals surface area contributed by atoms with Gasteiger partial charge < -0.3 is 10.1 Å². The molecule has 1 N–H and O–H groups in total. The van der Waals surface area contributed by atoms with E-state index >= 15 is 0 Å². The van der Waals surface area contributed by atoms with E-state index in [1.807, 2.05) is 0 Å². The molecule has 1 aromatic heterocycles. The van der Waals surface area contributed by atoms with Crippen LogP contribution in [0, 0.1) is 11.6 Å². The predicted molar refractivity (Wildman–Crippen MR) is 105 cm³/mol. The van der Waals surface area contributed by atoms with Crippen LogP contribution >= 0.6 is 11.3 Å². The van der Waals surface area contributed by atoms with Crippen molar-refractivity contribution in [1.29, 1.82) is 0 Å². The number of esters is 1. The SMILES string of the molecule is CC(=O)Nc1ccc(C(=O)COC(=O)c2ccc(-c3ccc(F)cc3)s2)c(F)c1. The van der Waals surface area contributed by atoms with Crippen LogP contribution in [0.25, 0.3) is 10.4 Å². The van der Waals surface area contributed by atoms with Crippen molar-refractivity contribution in [2.45, 2.75) is 6.92 Å². The fourth-order valence-electron chi connectivity index (χ4n) is 2.52. The van der Waals surface area contributed by atoms with Gasteiger partial charge in [-0.15, -0.1) is 11.3 Å². The Morgan fingerprint density at radius 2 is 1.72 bits per heavy atom. The molecule has 0 saturated carbocycles. The van der Waals surface area contributed by atoms with Crippen LogP contribution in [0.1, 0.15) is 27.0 Å². The molecule has 5 nitrogen and oxygen atoms in total. The van der Waals surface area contributed by atoms with Crippen molar-refractivity contribution >= 4 is 34.7 Å². The third-order valence-corrected chi connectivity index (χ3v) is 4.97. The molecule has 0 bridgehead atoms. The molecule has 0 unspecified atom stereocenters. The number of carbonyl (C=O) groups is 3. The van der Waals surface area contributed by atoms with Gasteiger partial charge in [0.25, 0.3) is 0 Å². The molecule has 0 spiro atoms. The normalized spacial score (nSPS) is 10.4. The fourth-order valence-corrected chi connectivity index (χ4v) is 3.42. The average molecular weight is 415 g/mol. The zero-order valence-corrected chi connectivity index (χ0v) is 16.0. The third-order valence-electron chi connectivity index (χ3n) is 3.86. The summed E-state index contributed by atoms with van der Waals surface area (Å²) in [4.78, 5) is 36.3. The number of hydrogen-bond donors (Lipinski definition) is 1. The highest BCUT2D eigenvalue weighted by molar-refractivity contribution is 7.17. The highest BCUT2D eigenvalue weighted by Gasteiger charge is 2.17. The van der Waals surface area contributed by atoms with Crippen molar-refractivity contribution in [3.63, 3.8) is 0 Å². The topological polar surface area (TPSA) is 72.5 Å². The van der Waals surface area contributed by atoms with Crippen LogP contribution in [0.4, 0.5) is 14.5 Å². The number of halogens is 2. The zero-order chi connectivity index (χ0) is 21.0. The molecule has 0 saturated heterocycles. The summed E-state index contributed by atoms with van der Waals surface area (Å²) in [5.74, 6) is -2.98. The minimum Gasteiger partial charge on any atom is -0.453 e. The molecule has 1 heterocycles. The number of ketones is 1. The lowest BCUT2D eigenvalue weighted by atomic mass is 10.1. The van der Waals surface area contributed by atoms with Crippen molar-refractivity contribution in [2.24, 2.45) is 0 Å². The number of nitrogens with one attached hydrogen (secondary N) is 1. The summed E-state index contributed by atoms with van der Waals surface area (Å²) in [7, 11) is 0. The van der Waals surface area contributed by atoms with Gasteiger partial charge in [0.1, 0.15) is 16.5 Å².